The maximum Gasteiger partial charge on any atom is 0.136 e. The van der Waals surface area contributed by atoms with E-state index in [1.807, 2.05) is 17.4 Å². The fourth-order valence-electron chi connectivity index (χ4n) is 9.68. The summed E-state index contributed by atoms with van der Waals surface area (Å²) in [7, 11) is 0. The lowest BCUT2D eigenvalue weighted by Crippen LogP contribution is -2.15. The Labute approximate surface area is 310 Å². The summed E-state index contributed by atoms with van der Waals surface area (Å²) >= 11 is 1.87. The van der Waals surface area contributed by atoms with Crippen molar-refractivity contribution in [2.75, 3.05) is 0 Å². The van der Waals surface area contributed by atoms with E-state index in [0.29, 0.717) is 0 Å². The first-order chi connectivity index (χ1) is 26.0. The Morgan fingerprint density at radius 2 is 1.02 bits per heavy atom. The molecule has 53 heavy (non-hydrogen) atoms. The van der Waals surface area contributed by atoms with Gasteiger partial charge in [0.05, 0.1) is 0 Å². The van der Waals surface area contributed by atoms with Crippen molar-refractivity contribution in [3.63, 3.8) is 0 Å². The highest BCUT2D eigenvalue weighted by Crippen LogP contribution is 2.54. The van der Waals surface area contributed by atoms with Crippen LogP contribution in [0, 0.1) is 0 Å². The number of benzene rings is 9. The number of furan rings is 1. The SMILES string of the molecule is CC1(C)c2ccc(-c3c4ccccc4c(-c4ccc5sc6ccccc6c5c4)c4ccccc34)cc2-c2ccc3cc4oc5ccccc5c4cc3c21. The zero-order valence-corrected chi connectivity index (χ0v) is 30.1. The van der Waals surface area contributed by atoms with E-state index in [9.17, 15) is 0 Å². The third kappa shape index (κ3) is 3.96. The Kier molecular flexibility index (Phi) is 5.78. The second-order valence-corrected chi connectivity index (χ2v) is 16.3. The number of para-hydroxylation sites is 1. The molecule has 2 heterocycles. The van der Waals surface area contributed by atoms with Gasteiger partial charge in [0.15, 0.2) is 0 Å². The van der Waals surface area contributed by atoms with Gasteiger partial charge < -0.3 is 4.42 Å². The molecule has 0 spiro atoms. The summed E-state index contributed by atoms with van der Waals surface area (Å²) in [6.45, 7) is 4.78. The van der Waals surface area contributed by atoms with E-state index < -0.39 is 0 Å². The minimum atomic E-state index is -0.158. The average molecular weight is 693 g/mol. The van der Waals surface area contributed by atoms with Crippen LogP contribution in [0.15, 0.2) is 162 Å². The predicted molar refractivity (Wildman–Crippen MR) is 228 cm³/mol. The number of thiophene rings is 1. The van der Waals surface area contributed by atoms with Crippen molar-refractivity contribution in [2.45, 2.75) is 19.3 Å². The second kappa shape index (κ2) is 10.4. The van der Waals surface area contributed by atoms with E-state index >= 15 is 0 Å². The van der Waals surface area contributed by atoms with Gasteiger partial charge >= 0.3 is 0 Å². The van der Waals surface area contributed by atoms with Crippen molar-refractivity contribution < 1.29 is 4.42 Å². The van der Waals surface area contributed by atoms with Gasteiger partial charge in [-0.05, 0) is 119 Å². The van der Waals surface area contributed by atoms with Crippen LogP contribution in [0.3, 0.4) is 0 Å². The molecule has 1 nitrogen and oxygen atoms in total. The lowest BCUT2D eigenvalue weighted by Gasteiger charge is -2.23. The van der Waals surface area contributed by atoms with Crippen molar-refractivity contribution >= 4 is 85.8 Å². The van der Waals surface area contributed by atoms with Crippen LogP contribution < -0.4 is 0 Å². The van der Waals surface area contributed by atoms with Crippen LogP contribution in [-0.2, 0) is 5.41 Å². The lowest BCUT2D eigenvalue weighted by atomic mass is 9.79. The summed E-state index contributed by atoms with van der Waals surface area (Å²) in [4.78, 5) is 0. The molecular formula is C51H32OS. The smallest absolute Gasteiger partial charge is 0.136 e. The molecule has 0 N–H and O–H groups in total. The van der Waals surface area contributed by atoms with E-state index in [1.165, 1.54) is 108 Å². The van der Waals surface area contributed by atoms with Crippen molar-refractivity contribution in [3.05, 3.63) is 169 Å². The van der Waals surface area contributed by atoms with Crippen molar-refractivity contribution in [1.29, 1.82) is 0 Å². The molecule has 11 aromatic rings. The first-order valence-corrected chi connectivity index (χ1v) is 19.2. The third-order valence-corrected chi connectivity index (χ3v) is 13.2. The van der Waals surface area contributed by atoms with E-state index in [-0.39, 0.29) is 5.41 Å². The molecule has 9 aromatic carbocycles. The van der Waals surface area contributed by atoms with Gasteiger partial charge in [0.1, 0.15) is 11.2 Å². The van der Waals surface area contributed by atoms with E-state index in [2.05, 4.69) is 166 Å². The van der Waals surface area contributed by atoms with Crippen LogP contribution in [0.1, 0.15) is 25.0 Å². The van der Waals surface area contributed by atoms with Gasteiger partial charge in [-0.15, -0.1) is 11.3 Å². The van der Waals surface area contributed by atoms with Crippen molar-refractivity contribution in [2.24, 2.45) is 0 Å². The molecule has 0 unspecified atom stereocenters. The minimum absolute atomic E-state index is 0.158. The van der Waals surface area contributed by atoms with Gasteiger partial charge in [-0.3, -0.25) is 0 Å². The highest BCUT2D eigenvalue weighted by molar-refractivity contribution is 7.25. The molecule has 0 atom stereocenters. The van der Waals surface area contributed by atoms with Crippen LogP contribution in [-0.4, -0.2) is 0 Å². The molecule has 0 radical (unpaired) electrons. The lowest BCUT2D eigenvalue weighted by molar-refractivity contribution is 0.665. The number of rotatable bonds is 2. The van der Waals surface area contributed by atoms with Gasteiger partial charge in [-0.1, -0.05) is 129 Å². The van der Waals surface area contributed by atoms with Crippen LogP contribution in [0.25, 0.3) is 108 Å². The average Bonchev–Trinajstić information content (AvgIpc) is 3.82. The molecule has 0 fully saturated rings. The first kappa shape index (κ1) is 29.4. The standard InChI is InChI=1S/C51H32OS/c1-51(2)43-23-20-30(25-40(43)38-22-19-29-27-45-41(28-39(29)50(38)51)32-11-7-9-17-44(32)52-45)48-34-13-3-5-15-36(34)49(37-16-6-4-14-35(37)48)31-21-24-47-42(26-31)33-12-8-10-18-46(33)53-47/h3-28H,1-2H3. The summed E-state index contributed by atoms with van der Waals surface area (Å²) < 4.78 is 8.96. The second-order valence-electron chi connectivity index (χ2n) is 15.2. The molecule has 0 amide bonds. The fourth-order valence-corrected chi connectivity index (χ4v) is 10.8. The maximum absolute atomic E-state index is 6.30. The third-order valence-electron chi connectivity index (χ3n) is 12.0. The summed E-state index contributed by atoms with van der Waals surface area (Å²) in [6.07, 6.45) is 0. The van der Waals surface area contributed by atoms with Crippen LogP contribution in [0.5, 0.6) is 0 Å². The molecule has 2 aromatic heterocycles. The predicted octanol–water partition coefficient (Wildman–Crippen LogP) is 15.1. The monoisotopic (exact) mass is 692 g/mol. The highest BCUT2D eigenvalue weighted by atomic mass is 32.1. The highest BCUT2D eigenvalue weighted by Gasteiger charge is 2.37. The zero-order chi connectivity index (χ0) is 35.0. The molecule has 0 bridgehead atoms. The summed E-state index contributed by atoms with van der Waals surface area (Å²) in [5.41, 5.74) is 12.3. The maximum atomic E-state index is 6.30. The number of hydrogen-bond acceptors (Lipinski definition) is 2. The van der Waals surface area contributed by atoms with E-state index in [0.717, 1.165) is 11.2 Å². The normalized spacial score (nSPS) is 13.6. The van der Waals surface area contributed by atoms with Crippen molar-refractivity contribution in [3.8, 4) is 33.4 Å². The summed E-state index contributed by atoms with van der Waals surface area (Å²) in [5, 5.41) is 12.7. The Hall–Kier alpha value is -6.22. The number of fused-ring (bicyclic) bond motifs is 13. The Bertz CT molecular complexity index is 3320. The largest absolute Gasteiger partial charge is 0.456 e. The zero-order valence-electron chi connectivity index (χ0n) is 29.3. The molecule has 0 saturated heterocycles. The molecule has 0 aliphatic heterocycles. The van der Waals surface area contributed by atoms with Crippen LogP contribution in [0.4, 0.5) is 0 Å². The Morgan fingerprint density at radius 3 is 1.75 bits per heavy atom. The van der Waals surface area contributed by atoms with Crippen LogP contribution >= 0.6 is 11.3 Å². The van der Waals surface area contributed by atoms with Crippen molar-refractivity contribution in [1.82, 2.24) is 0 Å². The van der Waals surface area contributed by atoms with Crippen LogP contribution in [0.2, 0.25) is 0 Å². The molecule has 12 rings (SSSR count). The first-order valence-electron chi connectivity index (χ1n) is 18.4. The molecule has 248 valence electrons. The molecular weight excluding hydrogens is 661 g/mol. The van der Waals surface area contributed by atoms with Gasteiger partial charge in [0, 0.05) is 36.4 Å². The molecule has 0 saturated carbocycles. The van der Waals surface area contributed by atoms with Gasteiger partial charge in [0.2, 0.25) is 0 Å². The minimum Gasteiger partial charge on any atom is -0.456 e. The molecule has 1 aliphatic carbocycles. The fraction of sp³-hybridized carbons (Fsp3) is 0.0588. The van der Waals surface area contributed by atoms with E-state index in [1.54, 1.807) is 0 Å². The Morgan fingerprint density at radius 1 is 0.415 bits per heavy atom. The Balaban J connectivity index is 1.10. The topological polar surface area (TPSA) is 13.1 Å². The molecule has 1 aliphatic rings. The van der Waals surface area contributed by atoms with Gasteiger partial charge in [-0.2, -0.15) is 0 Å². The summed E-state index contributed by atoms with van der Waals surface area (Å²) in [6, 6.07) is 58.7. The summed E-state index contributed by atoms with van der Waals surface area (Å²) in [5.74, 6) is 0. The van der Waals surface area contributed by atoms with Gasteiger partial charge in [0.25, 0.3) is 0 Å². The van der Waals surface area contributed by atoms with Gasteiger partial charge in [-0.25, -0.2) is 0 Å². The molecule has 2 heteroatoms. The quantitative estimate of drug-likeness (QED) is 0.164. The number of hydrogen-bond donors (Lipinski definition) is 0. The van der Waals surface area contributed by atoms with E-state index in [4.69, 9.17) is 4.42 Å².